The van der Waals surface area contributed by atoms with Crippen molar-refractivity contribution in [3.05, 3.63) is 61.1 Å². The van der Waals surface area contributed by atoms with Gasteiger partial charge in [-0.15, -0.1) is 6.58 Å². The van der Waals surface area contributed by atoms with Crippen LogP contribution in [0.4, 0.5) is 0 Å². The highest BCUT2D eigenvalue weighted by atomic mass is 32.2. The van der Waals surface area contributed by atoms with E-state index in [0.29, 0.717) is 25.4 Å². The van der Waals surface area contributed by atoms with Gasteiger partial charge in [0.1, 0.15) is 5.76 Å². The molecule has 0 fully saturated rings. The molecule has 27 heavy (non-hydrogen) atoms. The van der Waals surface area contributed by atoms with Crippen LogP contribution in [0.1, 0.15) is 12.2 Å². The third-order valence-corrected chi connectivity index (χ3v) is 4.99. The van der Waals surface area contributed by atoms with E-state index >= 15 is 0 Å². The fraction of sp³-hybridized carbons (Fsp3) is 0.250. The van der Waals surface area contributed by atoms with E-state index in [1.165, 1.54) is 11.8 Å². The van der Waals surface area contributed by atoms with Crippen LogP contribution in [0.2, 0.25) is 0 Å². The Morgan fingerprint density at radius 2 is 2.22 bits per heavy atom. The van der Waals surface area contributed by atoms with Crippen LogP contribution in [0.15, 0.2) is 64.9 Å². The Hall–Kier alpha value is -2.98. The lowest BCUT2D eigenvalue weighted by Gasteiger charge is -2.20. The van der Waals surface area contributed by atoms with Crippen molar-refractivity contribution in [2.75, 3.05) is 12.3 Å². The predicted octanol–water partition coefficient (Wildman–Crippen LogP) is 3.85. The van der Waals surface area contributed by atoms with Crippen LogP contribution in [-0.2, 0) is 17.9 Å². The van der Waals surface area contributed by atoms with Crippen molar-refractivity contribution in [2.24, 2.45) is 0 Å². The fourth-order valence-corrected chi connectivity index (χ4v) is 3.68. The number of thioether (sulfide) groups is 1. The molecule has 1 aromatic carbocycles. The molecule has 6 nitrogen and oxygen atoms in total. The van der Waals surface area contributed by atoms with Crippen molar-refractivity contribution in [3.8, 4) is 6.07 Å². The van der Waals surface area contributed by atoms with Gasteiger partial charge in [0.2, 0.25) is 5.91 Å². The minimum atomic E-state index is -0.0520. The van der Waals surface area contributed by atoms with Gasteiger partial charge in [-0.25, -0.2) is 4.98 Å². The molecular formula is C20H20N4O2S. The lowest BCUT2D eigenvalue weighted by atomic mass is 10.3. The number of fused-ring (bicyclic) bond motifs is 1. The maximum absolute atomic E-state index is 12.7. The van der Waals surface area contributed by atoms with Crippen molar-refractivity contribution in [3.63, 3.8) is 0 Å². The molecule has 0 spiro atoms. The second kappa shape index (κ2) is 9.10. The average Bonchev–Trinajstić information content (AvgIpc) is 3.31. The first-order valence-corrected chi connectivity index (χ1v) is 9.57. The highest BCUT2D eigenvalue weighted by Gasteiger charge is 2.18. The summed E-state index contributed by atoms with van der Waals surface area (Å²) in [5.41, 5.74) is 1.91. The van der Waals surface area contributed by atoms with E-state index in [0.717, 1.165) is 16.2 Å². The molecule has 2 heterocycles. The van der Waals surface area contributed by atoms with Gasteiger partial charge >= 0.3 is 0 Å². The molecule has 0 N–H and O–H groups in total. The number of rotatable bonds is 9. The van der Waals surface area contributed by atoms with E-state index in [-0.39, 0.29) is 18.1 Å². The smallest absolute Gasteiger partial charge is 0.233 e. The summed E-state index contributed by atoms with van der Waals surface area (Å²) >= 11 is 1.39. The van der Waals surface area contributed by atoms with Crippen molar-refractivity contribution in [1.82, 2.24) is 14.5 Å². The van der Waals surface area contributed by atoms with Crippen LogP contribution < -0.4 is 0 Å². The third kappa shape index (κ3) is 4.60. The number of carbonyl (C=O) groups is 1. The summed E-state index contributed by atoms with van der Waals surface area (Å²) in [4.78, 5) is 19.0. The van der Waals surface area contributed by atoms with Crippen LogP contribution in [0.25, 0.3) is 11.0 Å². The first kappa shape index (κ1) is 18.8. The van der Waals surface area contributed by atoms with Gasteiger partial charge < -0.3 is 13.9 Å². The number of imidazole rings is 1. The molecule has 0 atom stereocenters. The SMILES string of the molecule is C=CCn1c(SCC(=O)N(CCC#N)Cc2ccco2)nc2ccccc21. The lowest BCUT2D eigenvalue weighted by Crippen LogP contribution is -2.32. The Labute approximate surface area is 162 Å². The Morgan fingerprint density at radius 3 is 2.96 bits per heavy atom. The first-order valence-electron chi connectivity index (χ1n) is 8.59. The predicted molar refractivity (Wildman–Crippen MR) is 105 cm³/mol. The van der Waals surface area contributed by atoms with Gasteiger partial charge in [0.15, 0.2) is 5.16 Å². The lowest BCUT2D eigenvalue weighted by molar-refractivity contribution is -0.129. The molecule has 0 radical (unpaired) electrons. The topological polar surface area (TPSA) is 75.1 Å². The summed E-state index contributed by atoms with van der Waals surface area (Å²) in [5.74, 6) is 0.890. The number of hydrogen-bond acceptors (Lipinski definition) is 5. The van der Waals surface area contributed by atoms with Crippen molar-refractivity contribution in [2.45, 2.75) is 24.7 Å². The van der Waals surface area contributed by atoms with Gasteiger partial charge in [0, 0.05) is 13.1 Å². The van der Waals surface area contributed by atoms with E-state index in [4.69, 9.17) is 9.68 Å². The van der Waals surface area contributed by atoms with Crippen molar-refractivity contribution in [1.29, 1.82) is 5.26 Å². The number of nitriles is 1. The average molecular weight is 380 g/mol. The van der Waals surface area contributed by atoms with Gasteiger partial charge in [-0.2, -0.15) is 5.26 Å². The number of hydrogen-bond donors (Lipinski definition) is 0. The zero-order valence-corrected chi connectivity index (χ0v) is 15.7. The number of nitrogens with zero attached hydrogens (tertiary/aromatic N) is 4. The molecular weight excluding hydrogens is 360 g/mol. The van der Waals surface area contributed by atoms with E-state index in [2.05, 4.69) is 17.6 Å². The summed E-state index contributed by atoms with van der Waals surface area (Å²) in [6.45, 7) is 5.17. The molecule has 7 heteroatoms. The van der Waals surface area contributed by atoms with E-state index in [1.54, 1.807) is 17.2 Å². The van der Waals surface area contributed by atoms with Gasteiger partial charge in [-0.05, 0) is 24.3 Å². The summed E-state index contributed by atoms with van der Waals surface area (Å²) in [6, 6.07) is 13.6. The number of furan rings is 1. The standard InChI is InChI=1S/C20H20N4O2S/c1-2-11-24-18-9-4-3-8-17(18)22-20(24)27-15-19(25)23(12-6-10-21)14-16-7-5-13-26-16/h2-5,7-9,13H,1,6,11-12,14-15H2. The van der Waals surface area contributed by atoms with Gasteiger partial charge in [-0.1, -0.05) is 30.0 Å². The molecule has 0 saturated carbocycles. The highest BCUT2D eigenvalue weighted by molar-refractivity contribution is 7.99. The number of amides is 1. The third-order valence-electron chi connectivity index (χ3n) is 4.03. The van der Waals surface area contributed by atoms with Crippen LogP contribution in [-0.4, -0.2) is 32.7 Å². The number of allylic oxidation sites excluding steroid dienone is 1. The molecule has 3 rings (SSSR count). The fourth-order valence-electron chi connectivity index (χ4n) is 2.75. The summed E-state index contributed by atoms with van der Waals surface area (Å²) in [5, 5.41) is 9.65. The number of aromatic nitrogens is 2. The Balaban J connectivity index is 1.72. The summed E-state index contributed by atoms with van der Waals surface area (Å²) < 4.78 is 7.38. The van der Waals surface area contributed by atoms with Crippen molar-refractivity contribution < 1.29 is 9.21 Å². The van der Waals surface area contributed by atoms with E-state index < -0.39 is 0 Å². The largest absolute Gasteiger partial charge is 0.467 e. The maximum Gasteiger partial charge on any atom is 0.233 e. The minimum absolute atomic E-state index is 0.0520. The molecule has 2 aromatic heterocycles. The van der Waals surface area contributed by atoms with E-state index in [9.17, 15) is 4.79 Å². The molecule has 0 bridgehead atoms. The second-order valence-corrected chi connectivity index (χ2v) is 6.82. The van der Waals surface area contributed by atoms with Crippen LogP contribution in [0.3, 0.4) is 0 Å². The van der Waals surface area contributed by atoms with E-state index in [1.807, 2.05) is 41.0 Å². The van der Waals surface area contributed by atoms with Gasteiger partial charge in [0.05, 0.1) is 42.1 Å². The normalized spacial score (nSPS) is 10.6. The Bertz CT molecular complexity index is 956. The first-order chi connectivity index (χ1) is 13.2. The Morgan fingerprint density at radius 1 is 1.37 bits per heavy atom. The minimum Gasteiger partial charge on any atom is -0.467 e. The highest BCUT2D eigenvalue weighted by Crippen LogP contribution is 2.24. The van der Waals surface area contributed by atoms with Crippen LogP contribution in [0, 0.1) is 11.3 Å². The summed E-state index contributed by atoms with van der Waals surface area (Å²) in [7, 11) is 0. The van der Waals surface area contributed by atoms with Crippen LogP contribution in [0.5, 0.6) is 0 Å². The molecule has 0 aliphatic carbocycles. The molecule has 1 amide bonds. The zero-order valence-electron chi connectivity index (χ0n) is 14.9. The maximum atomic E-state index is 12.7. The number of benzene rings is 1. The Kier molecular flexibility index (Phi) is 6.34. The molecule has 0 saturated heterocycles. The second-order valence-electron chi connectivity index (χ2n) is 5.87. The molecule has 138 valence electrons. The monoisotopic (exact) mass is 380 g/mol. The van der Waals surface area contributed by atoms with Gasteiger partial charge in [-0.3, -0.25) is 4.79 Å². The quantitative estimate of drug-likeness (QED) is 0.416. The number of para-hydroxylation sites is 2. The zero-order chi connectivity index (χ0) is 19.1. The molecule has 0 unspecified atom stereocenters. The molecule has 3 aromatic rings. The summed E-state index contributed by atoms with van der Waals surface area (Å²) in [6.07, 6.45) is 3.68. The van der Waals surface area contributed by atoms with Crippen molar-refractivity contribution >= 4 is 28.7 Å². The molecule has 0 aliphatic rings. The molecule has 0 aliphatic heterocycles. The number of carbonyl (C=O) groups excluding carboxylic acids is 1. The van der Waals surface area contributed by atoms with Crippen LogP contribution >= 0.6 is 11.8 Å². The van der Waals surface area contributed by atoms with Gasteiger partial charge in [0.25, 0.3) is 0 Å².